The Morgan fingerprint density at radius 2 is 1.92 bits per heavy atom. The summed E-state index contributed by atoms with van der Waals surface area (Å²) in [5.41, 5.74) is 1.26. The molecule has 1 heteroatoms. The number of rotatable bonds is 4. The lowest BCUT2D eigenvalue weighted by Crippen LogP contribution is -1.78. The molecule has 0 fully saturated rings. The van der Waals surface area contributed by atoms with Gasteiger partial charge in [-0.1, -0.05) is 42.5 Å². The van der Waals surface area contributed by atoms with Gasteiger partial charge in [0.05, 0.1) is 0 Å². The molecule has 1 aromatic carbocycles. The molecule has 1 radical (unpaired) electrons. The topological polar surface area (TPSA) is 17.1 Å². The molecule has 0 atom stereocenters. The Balaban J connectivity index is 2.38. The Kier molecular flexibility index (Phi) is 3.86. The molecular weight excluding hydrogens is 148 g/mol. The lowest BCUT2D eigenvalue weighted by atomic mass is 10.1. The Bertz CT molecular complexity index is 249. The first kappa shape index (κ1) is 8.72. The third-order valence-electron chi connectivity index (χ3n) is 1.56. The van der Waals surface area contributed by atoms with E-state index in [0.29, 0.717) is 6.42 Å². The van der Waals surface area contributed by atoms with E-state index < -0.39 is 0 Å². The predicted octanol–water partition coefficient (Wildman–Crippen LogP) is 2.29. The van der Waals surface area contributed by atoms with Gasteiger partial charge in [-0.25, -0.2) is 0 Å². The Morgan fingerprint density at radius 1 is 1.17 bits per heavy atom. The third kappa shape index (κ3) is 3.15. The molecule has 0 heterocycles. The van der Waals surface area contributed by atoms with Gasteiger partial charge in [0.1, 0.15) is 0 Å². The number of allylic oxidation sites excluding steroid dienone is 2. The molecule has 0 spiro atoms. The standard InChI is InChI=1S/C11H11O/c12-10-6-2-5-9-11-7-3-1-4-8-11/h1-5,7-8H,6,9H2. The SMILES string of the molecule is O=[C]CC=CCc1ccccc1. The van der Waals surface area contributed by atoms with Crippen LogP contribution in [-0.4, -0.2) is 6.29 Å². The summed E-state index contributed by atoms with van der Waals surface area (Å²) in [5, 5.41) is 0. The van der Waals surface area contributed by atoms with Crippen LogP contribution in [0.3, 0.4) is 0 Å². The van der Waals surface area contributed by atoms with Crippen LogP contribution in [0.1, 0.15) is 12.0 Å². The minimum absolute atomic E-state index is 0.396. The van der Waals surface area contributed by atoms with Gasteiger partial charge in [-0.3, -0.25) is 4.79 Å². The van der Waals surface area contributed by atoms with E-state index in [0.717, 1.165) is 6.42 Å². The number of hydrogen-bond acceptors (Lipinski definition) is 1. The zero-order valence-electron chi connectivity index (χ0n) is 6.86. The molecule has 0 aromatic heterocycles. The van der Waals surface area contributed by atoms with Crippen molar-refractivity contribution in [1.29, 1.82) is 0 Å². The molecule has 1 rings (SSSR count). The smallest absolute Gasteiger partial charge is 0.202 e. The van der Waals surface area contributed by atoms with Crippen molar-refractivity contribution in [2.24, 2.45) is 0 Å². The van der Waals surface area contributed by atoms with Crippen LogP contribution in [0.5, 0.6) is 0 Å². The highest BCUT2D eigenvalue weighted by atomic mass is 16.1. The molecule has 0 saturated heterocycles. The second-order valence-electron chi connectivity index (χ2n) is 2.51. The van der Waals surface area contributed by atoms with Crippen LogP contribution in [0.15, 0.2) is 42.5 Å². The van der Waals surface area contributed by atoms with Crippen LogP contribution in [0.25, 0.3) is 0 Å². The summed E-state index contributed by atoms with van der Waals surface area (Å²) in [4.78, 5) is 9.84. The molecule has 0 aliphatic rings. The van der Waals surface area contributed by atoms with Gasteiger partial charge in [0.2, 0.25) is 6.29 Å². The maximum Gasteiger partial charge on any atom is 0.202 e. The van der Waals surface area contributed by atoms with Gasteiger partial charge >= 0.3 is 0 Å². The fourth-order valence-corrected chi connectivity index (χ4v) is 0.965. The lowest BCUT2D eigenvalue weighted by Gasteiger charge is -1.92. The molecule has 0 N–H and O–H groups in total. The van der Waals surface area contributed by atoms with Gasteiger partial charge < -0.3 is 0 Å². The van der Waals surface area contributed by atoms with Gasteiger partial charge in [0.25, 0.3) is 0 Å². The van der Waals surface area contributed by atoms with E-state index in [1.54, 1.807) is 0 Å². The van der Waals surface area contributed by atoms with Gasteiger partial charge in [-0.2, -0.15) is 0 Å². The average molecular weight is 159 g/mol. The van der Waals surface area contributed by atoms with Crippen molar-refractivity contribution in [2.75, 3.05) is 0 Å². The molecule has 1 nitrogen and oxygen atoms in total. The van der Waals surface area contributed by atoms with Gasteiger partial charge in [-0.05, 0) is 12.0 Å². The van der Waals surface area contributed by atoms with E-state index in [-0.39, 0.29) is 0 Å². The summed E-state index contributed by atoms with van der Waals surface area (Å²) >= 11 is 0. The molecule has 0 aliphatic carbocycles. The number of carbonyl (C=O) groups excluding carboxylic acids is 1. The Morgan fingerprint density at radius 3 is 2.58 bits per heavy atom. The third-order valence-corrected chi connectivity index (χ3v) is 1.56. The zero-order valence-corrected chi connectivity index (χ0v) is 6.86. The van der Waals surface area contributed by atoms with Crippen molar-refractivity contribution in [2.45, 2.75) is 12.8 Å². The first-order valence-electron chi connectivity index (χ1n) is 3.97. The number of benzene rings is 1. The Labute approximate surface area is 72.7 Å². The van der Waals surface area contributed by atoms with Crippen molar-refractivity contribution in [1.82, 2.24) is 0 Å². The van der Waals surface area contributed by atoms with E-state index >= 15 is 0 Å². The van der Waals surface area contributed by atoms with Crippen molar-refractivity contribution in [3.63, 3.8) is 0 Å². The van der Waals surface area contributed by atoms with Crippen LogP contribution in [0, 0.1) is 0 Å². The lowest BCUT2D eigenvalue weighted by molar-refractivity contribution is 0.556. The molecule has 0 aliphatic heterocycles. The first-order chi connectivity index (χ1) is 5.93. The highest BCUT2D eigenvalue weighted by Crippen LogP contribution is 1.99. The second kappa shape index (κ2) is 5.30. The van der Waals surface area contributed by atoms with E-state index in [4.69, 9.17) is 0 Å². The predicted molar refractivity (Wildman–Crippen MR) is 49.6 cm³/mol. The summed E-state index contributed by atoms with van der Waals surface area (Å²) in [6, 6.07) is 10.1. The maximum atomic E-state index is 9.84. The molecule has 61 valence electrons. The highest BCUT2D eigenvalue weighted by Gasteiger charge is 1.84. The highest BCUT2D eigenvalue weighted by molar-refractivity contribution is 5.52. The van der Waals surface area contributed by atoms with E-state index in [1.807, 2.05) is 36.6 Å². The van der Waals surface area contributed by atoms with Gasteiger partial charge in [-0.15, -0.1) is 0 Å². The zero-order chi connectivity index (χ0) is 8.65. The van der Waals surface area contributed by atoms with E-state index in [2.05, 4.69) is 12.1 Å². The number of hydrogen-bond donors (Lipinski definition) is 0. The van der Waals surface area contributed by atoms with Crippen LogP contribution >= 0.6 is 0 Å². The average Bonchev–Trinajstić information content (AvgIpc) is 2.14. The molecule has 0 bridgehead atoms. The van der Waals surface area contributed by atoms with Crippen molar-refractivity contribution in [3.8, 4) is 0 Å². The first-order valence-corrected chi connectivity index (χ1v) is 3.97. The van der Waals surface area contributed by atoms with Crippen LogP contribution in [0.4, 0.5) is 0 Å². The minimum Gasteiger partial charge on any atom is -0.291 e. The summed E-state index contributed by atoms with van der Waals surface area (Å²) in [7, 11) is 0. The molecular formula is C11H11O. The fraction of sp³-hybridized carbons (Fsp3) is 0.182. The van der Waals surface area contributed by atoms with Gasteiger partial charge in [0.15, 0.2) is 0 Å². The van der Waals surface area contributed by atoms with Crippen LogP contribution < -0.4 is 0 Å². The summed E-state index contributed by atoms with van der Waals surface area (Å²) < 4.78 is 0. The fourth-order valence-electron chi connectivity index (χ4n) is 0.965. The molecule has 0 amide bonds. The van der Waals surface area contributed by atoms with E-state index in [1.165, 1.54) is 5.56 Å². The quantitative estimate of drug-likeness (QED) is 0.616. The Hall–Kier alpha value is -1.37. The summed E-state index contributed by atoms with van der Waals surface area (Å²) in [6.45, 7) is 0. The summed E-state index contributed by atoms with van der Waals surface area (Å²) in [6.07, 6.45) is 6.92. The molecule has 0 unspecified atom stereocenters. The monoisotopic (exact) mass is 159 g/mol. The normalized spacial score (nSPS) is 10.3. The molecule has 0 saturated carbocycles. The van der Waals surface area contributed by atoms with Crippen molar-refractivity contribution in [3.05, 3.63) is 48.0 Å². The van der Waals surface area contributed by atoms with Gasteiger partial charge in [0, 0.05) is 6.42 Å². The maximum absolute atomic E-state index is 9.84. The van der Waals surface area contributed by atoms with Crippen LogP contribution in [-0.2, 0) is 11.2 Å². The largest absolute Gasteiger partial charge is 0.291 e. The van der Waals surface area contributed by atoms with Crippen molar-refractivity contribution >= 4 is 6.29 Å². The molecule has 12 heavy (non-hydrogen) atoms. The second-order valence-corrected chi connectivity index (χ2v) is 2.51. The minimum atomic E-state index is 0.396. The van der Waals surface area contributed by atoms with E-state index in [9.17, 15) is 4.79 Å². The van der Waals surface area contributed by atoms with Crippen molar-refractivity contribution < 1.29 is 4.79 Å². The van der Waals surface area contributed by atoms with Crippen LogP contribution in [0.2, 0.25) is 0 Å². The summed E-state index contributed by atoms with van der Waals surface area (Å²) in [5.74, 6) is 0. The molecule has 1 aromatic rings.